The number of alkyl halides is 3. The summed E-state index contributed by atoms with van der Waals surface area (Å²) in [4.78, 5) is 6.33. The first kappa shape index (κ1) is 17.4. The molecule has 0 aliphatic carbocycles. The van der Waals surface area contributed by atoms with Crippen LogP contribution in [0.2, 0.25) is 0 Å². The summed E-state index contributed by atoms with van der Waals surface area (Å²) < 4.78 is 45.5. The van der Waals surface area contributed by atoms with E-state index in [1.54, 1.807) is 0 Å². The highest BCUT2D eigenvalue weighted by molar-refractivity contribution is 5.92. The zero-order valence-electron chi connectivity index (χ0n) is 12.6. The van der Waals surface area contributed by atoms with Gasteiger partial charge in [-0.25, -0.2) is 0 Å². The number of halogens is 3. The molecule has 1 heterocycles. The second-order valence-electron chi connectivity index (χ2n) is 5.18. The van der Waals surface area contributed by atoms with Gasteiger partial charge in [-0.1, -0.05) is 0 Å². The zero-order chi connectivity index (χ0) is 16.9. The minimum Gasteiger partial charge on any atom is -0.406 e. The van der Waals surface area contributed by atoms with Crippen LogP contribution < -0.4 is 15.8 Å². The molecule has 1 aliphatic heterocycles. The molecule has 0 bridgehead atoms. The lowest BCUT2D eigenvalue weighted by Gasteiger charge is -2.29. The molecule has 0 saturated carbocycles. The topological polar surface area (TPSA) is 72.1 Å². The van der Waals surface area contributed by atoms with E-state index in [4.69, 9.17) is 10.5 Å². The molecule has 1 atom stereocenters. The van der Waals surface area contributed by atoms with E-state index in [-0.39, 0.29) is 17.8 Å². The number of nitrogens with one attached hydrogen (secondary N) is 1. The van der Waals surface area contributed by atoms with Crippen LogP contribution in [0.25, 0.3) is 0 Å². The highest BCUT2D eigenvalue weighted by Crippen LogP contribution is 2.23. The number of nitrogens with two attached hydrogens (primary N) is 1. The van der Waals surface area contributed by atoms with Crippen LogP contribution in [0.1, 0.15) is 0 Å². The van der Waals surface area contributed by atoms with Crippen molar-refractivity contribution in [1.29, 1.82) is 0 Å². The third kappa shape index (κ3) is 6.33. The second-order valence-corrected chi connectivity index (χ2v) is 5.18. The van der Waals surface area contributed by atoms with Crippen LogP contribution in [0, 0.1) is 0 Å². The molecule has 9 heteroatoms. The Balaban J connectivity index is 1.84. The molecule has 23 heavy (non-hydrogen) atoms. The van der Waals surface area contributed by atoms with E-state index in [0.717, 1.165) is 13.1 Å². The lowest BCUT2D eigenvalue weighted by atomic mass is 10.3. The number of ether oxygens (including phenoxy) is 2. The van der Waals surface area contributed by atoms with Crippen LogP contribution in [-0.4, -0.2) is 56.6 Å². The summed E-state index contributed by atoms with van der Waals surface area (Å²) in [5.41, 5.74) is 6.27. The average Bonchev–Trinajstić information content (AvgIpc) is 2.46. The maximum absolute atomic E-state index is 12.1. The maximum Gasteiger partial charge on any atom is 0.573 e. The largest absolute Gasteiger partial charge is 0.573 e. The lowest BCUT2D eigenvalue weighted by molar-refractivity contribution is -0.274. The Morgan fingerprint density at radius 1 is 1.43 bits per heavy atom. The quantitative estimate of drug-likeness (QED) is 0.648. The van der Waals surface area contributed by atoms with Crippen molar-refractivity contribution in [2.24, 2.45) is 10.7 Å². The summed E-state index contributed by atoms with van der Waals surface area (Å²) in [7, 11) is 2.01. The van der Waals surface area contributed by atoms with Crippen LogP contribution in [0.5, 0.6) is 5.75 Å². The third-order valence-electron chi connectivity index (χ3n) is 3.17. The molecule has 6 nitrogen and oxygen atoms in total. The molecule has 1 fully saturated rings. The molecule has 0 amide bonds. The molecule has 0 aromatic heterocycles. The monoisotopic (exact) mass is 332 g/mol. The van der Waals surface area contributed by atoms with Gasteiger partial charge in [0.2, 0.25) is 0 Å². The van der Waals surface area contributed by atoms with Gasteiger partial charge in [-0.3, -0.25) is 4.99 Å². The number of anilines is 1. The van der Waals surface area contributed by atoms with Gasteiger partial charge in [0, 0.05) is 18.8 Å². The Bertz CT molecular complexity index is 534. The first-order valence-electron chi connectivity index (χ1n) is 7.05. The summed E-state index contributed by atoms with van der Waals surface area (Å²) in [6.45, 7) is 2.74. The van der Waals surface area contributed by atoms with Crippen molar-refractivity contribution in [2.45, 2.75) is 12.5 Å². The number of hydrogen-bond acceptors (Lipinski definition) is 4. The fourth-order valence-corrected chi connectivity index (χ4v) is 2.10. The summed E-state index contributed by atoms with van der Waals surface area (Å²) in [6, 6.07) is 5.24. The lowest BCUT2D eigenvalue weighted by Crippen LogP contribution is -2.41. The smallest absolute Gasteiger partial charge is 0.406 e. The van der Waals surface area contributed by atoms with Gasteiger partial charge < -0.3 is 25.4 Å². The fraction of sp³-hybridized carbons (Fsp3) is 0.500. The van der Waals surface area contributed by atoms with Gasteiger partial charge in [-0.15, -0.1) is 13.2 Å². The highest BCUT2D eigenvalue weighted by atomic mass is 19.4. The minimum absolute atomic E-state index is 0.0170. The Morgan fingerprint density at radius 3 is 2.74 bits per heavy atom. The fourth-order valence-electron chi connectivity index (χ4n) is 2.10. The van der Waals surface area contributed by atoms with Crippen molar-refractivity contribution >= 4 is 11.6 Å². The Morgan fingerprint density at radius 2 is 2.13 bits per heavy atom. The molecule has 2 rings (SSSR count). The molecular formula is C14H19F3N4O2. The number of guanidine groups is 1. The van der Waals surface area contributed by atoms with E-state index < -0.39 is 6.36 Å². The van der Waals surface area contributed by atoms with E-state index in [1.165, 1.54) is 24.3 Å². The van der Waals surface area contributed by atoms with Gasteiger partial charge in [0.05, 0.1) is 19.3 Å². The number of morpholine rings is 1. The molecule has 0 radical (unpaired) electrons. The van der Waals surface area contributed by atoms with Gasteiger partial charge in [0.25, 0.3) is 0 Å². The SMILES string of the molecule is CN1CCOC(CN=C(N)Nc2ccc(OC(F)(F)F)cc2)C1. The van der Waals surface area contributed by atoms with E-state index in [0.29, 0.717) is 18.8 Å². The van der Waals surface area contributed by atoms with Crippen molar-refractivity contribution in [3.63, 3.8) is 0 Å². The van der Waals surface area contributed by atoms with Gasteiger partial charge in [-0.05, 0) is 31.3 Å². The van der Waals surface area contributed by atoms with Crippen molar-refractivity contribution in [3.05, 3.63) is 24.3 Å². The summed E-state index contributed by atoms with van der Waals surface area (Å²) in [6.07, 6.45) is -4.72. The highest BCUT2D eigenvalue weighted by Gasteiger charge is 2.30. The van der Waals surface area contributed by atoms with Crippen molar-refractivity contribution in [1.82, 2.24) is 4.90 Å². The molecule has 1 saturated heterocycles. The van der Waals surface area contributed by atoms with Gasteiger partial charge in [-0.2, -0.15) is 0 Å². The Hall–Kier alpha value is -2.00. The van der Waals surface area contributed by atoms with E-state index in [2.05, 4.69) is 19.9 Å². The molecular weight excluding hydrogens is 313 g/mol. The van der Waals surface area contributed by atoms with Crippen molar-refractivity contribution < 1.29 is 22.6 Å². The number of rotatable bonds is 4. The second kappa shape index (κ2) is 7.51. The minimum atomic E-state index is -4.71. The Kier molecular flexibility index (Phi) is 5.67. The van der Waals surface area contributed by atoms with Gasteiger partial charge in [0.15, 0.2) is 5.96 Å². The first-order valence-corrected chi connectivity index (χ1v) is 7.05. The molecule has 1 aromatic rings. The van der Waals surface area contributed by atoms with Crippen LogP contribution in [-0.2, 0) is 4.74 Å². The predicted molar refractivity (Wildman–Crippen MR) is 80.5 cm³/mol. The van der Waals surface area contributed by atoms with Gasteiger partial charge >= 0.3 is 6.36 Å². The first-order chi connectivity index (χ1) is 10.8. The normalized spacial score (nSPS) is 20.3. The molecule has 3 N–H and O–H groups in total. The molecule has 1 unspecified atom stereocenters. The number of nitrogens with zero attached hydrogens (tertiary/aromatic N) is 2. The van der Waals surface area contributed by atoms with E-state index >= 15 is 0 Å². The number of aliphatic imine (C=N–C) groups is 1. The molecule has 0 spiro atoms. The maximum atomic E-state index is 12.1. The summed E-state index contributed by atoms with van der Waals surface area (Å²) in [5.74, 6) is -0.122. The predicted octanol–water partition coefficient (Wildman–Crippen LogP) is 1.64. The standard InChI is InChI=1S/C14H19F3N4O2/c1-21-6-7-22-12(9-21)8-19-13(18)20-10-2-4-11(5-3-10)23-14(15,16)17/h2-5,12H,6-9H2,1H3,(H3,18,19,20). The molecule has 1 aliphatic rings. The van der Waals surface area contributed by atoms with Crippen LogP contribution in [0.3, 0.4) is 0 Å². The van der Waals surface area contributed by atoms with Crippen LogP contribution in [0.15, 0.2) is 29.3 Å². The van der Waals surface area contributed by atoms with Crippen molar-refractivity contribution in [3.8, 4) is 5.75 Å². The van der Waals surface area contributed by atoms with Crippen LogP contribution >= 0.6 is 0 Å². The average molecular weight is 332 g/mol. The number of hydrogen-bond donors (Lipinski definition) is 2. The van der Waals surface area contributed by atoms with Crippen LogP contribution in [0.4, 0.5) is 18.9 Å². The molecule has 1 aromatic carbocycles. The molecule has 128 valence electrons. The Labute approximate surface area is 132 Å². The summed E-state index contributed by atoms with van der Waals surface area (Å²) in [5, 5.41) is 2.80. The zero-order valence-corrected chi connectivity index (χ0v) is 12.6. The van der Waals surface area contributed by atoms with Crippen molar-refractivity contribution in [2.75, 3.05) is 38.6 Å². The number of likely N-dealkylation sites (N-methyl/N-ethyl adjacent to an activating group) is 1. The third-order valence-corrected chi connectivity index (χ3v) is 3.17. The summed E-state index contributed by atoms with van der Waals surface area (Å²) >= 11 is 0. The van der Waals surface area contributed by atoms with E-state index in [1.807, 2.05) is 7.05 Å². The number of benzene rings is 1. The van der Waals surface area contributed by atoms with Gasteiger partial charge in [0.1, 0.15) is 5.75 Å². The van der Waals surface area contributed by atoms with E-state index in [9.17, 15) is 13.2 Å².